The fourth-order valence-corrected chi connectivity index (χ4v) is 1.39. The average molecular weight is 304 g/mol. The third-order valence-electron chi connectivity index (χ3n) is 2.47. The van der Waals surface area contributed by atoms with Crippen LogP contribution in [0.4, 0.5) is 0 Å². The molecule has 0 saturated heterocycles. The van der Waals surface area contributed by atoms with E-state index in [1.165, 1.54) is 0 Å². The summed E-state index contributed by atoms with van der Waals surface area (Å²) in [6, 6.07) is 0. The molecule has 4 nitrogen and oxygen atoms in total. The summed E-state index contributed by atoms with van der Waals surface area (Å²) in [5.41, 5.74) is 0. The molecule has 0 amide bonds. The van der Waals surface area contributed by atoms with Crippen molar-refractivity contribution in [1.82, 2.24) is 0 Å². The minimum Gasteiger partial charge on any atom is -0.550 e. The van der Waals surface area contributed by atoms with Gasteiger partial charge in [0, 0.05) is 11.9 Å². The predicted molar refractivity (Wildman–Crippen MR) is 67.5 cm³/mol. The van der Waals surface area contributed by atoms with Gasteiger partial charge < -0.3 is 19.8 Å². The SMILES string of the molecule is CCCCCCC(=O)[O-].CCCCCCC(=O)[O-].[Na+].[Na+]. The molecule has 0 fully saturated rings. The first kappa shape index (κ1) is 29.0. The summed E-state index contributed by atoms with van der Waals surface area (Å²) in [7, 11) is 0. The Bertz CT molecular complexity index is 189. The molecule has 20 heavy (non-hydrogen) atoms. The molecule has 0 aromatic carbocycles. The van der Waals surface area contributed by atoms with Gasteiger partial charge in [-0.15, -0.1) is 0 Å². The van der Waals surface area contributed by atoms with Crippen LogP contribution in [0.1, 0.15) is 78.1 Å². The van der Waals surface area contributed by atoms with Crippen LogP contribution in [0, 0.1) is 0 Å². The topological polar surface area (TPSA) is 80.3 Å². The zero-order valence-electron chi connectivity index (χ0n) is 13.7. The van der Waals surface area contributed by atoms with Gasteiger partial charge in [-0.1, -0.05) is 52.4 Å². The summed E-state index contributed by atoms with van der Waals surface area (Å²) in [6.45, 7) is 4.19. The normalized spacial score (nSPS) is 8.50. The molecule has 0 aliphatic rings. The Labute approximate surface area is 167 Å². The van der Waals surface area contributed by atoms with E-state index in [9.17, 15) is 19.8 Å². The molecule has 0 atom stereocenters. The van der Waals surface area contributed by atoms with Gasteiger partial charge >= 0.3 is 59.1 Å². The number of unbranched alkanes of at least 4 members (excludes halogenated alkanes) is 6. The summed E-state index contributed by atoms with van der Waals surface area (Å²) in [4.78, 5) is 19.7. The molecule has 0 N–H and O–H groups in total. The van der Waals surface area contributed by atoms with Gasteiger partial charge in [-0.2, -0.15) is 0 Å². The van der Waals surface area contributed by atoms with Gasteiger partial charge in [0.15, 0.2) is 0 Å². The molecule has 0 heterocycles. The Morgan fingerprint density at radius 2 is 0.950 bits per heavy atom. The second kappa shape index (κ2) is 24.9. The van der Waals surface area contributed by atoms with Gasteiger partial charge in [0.05, 0.1) is 0 Å². The van der Waals surface area contributed by atoms with Gasteiger partial charge in [0.1, 0.15) is 0 Å². The van der Waals surface area contributed by atoms with Crippen molar-refractivity contribution in [3.8, 4) is 0 Å². The Kier molecular flexibility index (Phi) is 36.2. The molecule has 0 bridgehead atoms. The van der Waals surface area contributed by atoms with Crippen molar-refractivity contribution in [3.63, 3.8) is 0 Å². The number of rotatable bonds is 10. The van der Waals surface area contributed by atoms with Gasteiger partial charge in [-0.3, -0.25) is 0 Å². The second-order valence-corrected chi connectivity index (χ2v) is 4.37. The second-order valence-electron chi connectivity index (χ2n) is 4.37. The van der Waals surface area contributed by atoms with Gasteiger partial charge in [-0.25, -0.2) is 0 Å². The minimum atomic E-state index is -0.925. The maximum absolute atomic E-state index is 9.85. The van der Waals surface area contributed by atoms with E-state index in [1.807, 2.05) is 0 Å². The van der Waals surface area contributed by atoms with Crippen LogP contribution in [-0.2, 0) is 9.59 Å². The van der Waals surface area contributed by atoms with E-state index in [0.29, 0.717) is 0 Å². The number of carbonyl (C=O) groups is 2. The van der Waals surface area contributed by atoms with Crippen molar-refractivity contribution in [2.45, 2.75) is 78.1 Å². The molecule has 0 rings (SSSR count). The number of aliphatic carboxylic acids is 2. The van der Waals surface area contributed by atoms with E-state index in [0.717, 1.165) is 51.4 Å². The van der Waals surface area contributed by atoms with E-state index < -0.39 is 11.9 Å². The third kappa shape index (κ3) is 36.4. The first-order valence-corrected chi connectivity index (χ1v) is 6.94. The minimum absolute atomic E-state index is 0. The Hall–Kier alpha value is 0.940. The molecular formula is C14H26Na2O4. The van der Waals surface area contributed by atoms with Crippen LogP contribution in [0.15, 0.2) is 0 Å². The van der Waals surface area contributed by atoms with E-state index in [2.05, 4.69) is 13.8 Å². The molecule has 0 aromatic heterocycles. The summed E-state index contributed by atoms with van der Waals surface area (Å²) >= 11 is 0. The van der Waals surface area contributed by atoms with Crippen LogP contribution in [0.5, 0.6) is 0 Å². The van der Waals surface area contributed by atoms with E-state index >= 15 is 0 Å². The number of carboxylic acid groups (broad SMARTS) is 2. The Morgan fingerprint density at radius 3 is 1.15 bits per heavy atom. The van der Waals surface area contributed by atoms with E-state index in [1.54, 1.807) is 0 Å². The number of hydrogen-bond donors (Lipinski definition) is 0. The molecular weight excluding hydrogens is 278 g/mol. The van der Waals surface area contributed by atoms with E-state index in [4.69, 9.17) is 0 Å². The van der Waals surface area contributed by atoms with Crippen LogP contribution in [0.2, 0.25) is 0 Å². The van der Waals surface area contributed by atoms with Crippen molar-refractivity contribution >= 4 is 11.9 Å². The quantitative estimate of drug-likeness (QED) is 0.301. The van der Waals surface area contributed by atoms with Gasteiger partial charge in [0.25, 0.3) is 0 Å². The van der Waals surface area contributed by atoms with Crippen LogP contribution >= 0.6 is 0 Å². The van der Waals surface area contributed by atoms with E-state index in [-0.39, 0.29) is 72.0 Å². The molecule has 6 heteroatoms. The summed E-state index contributed by atoms with van der Waals surface area (Å²) in [6.07, 6.45) is 8.59. The van der Waals surface area contributed by atoms with Crippen LogP contribution in [0.25, 0.3) is 0 Å². The molecule has 0 unspecified atom stereocenters. The van der Waals surface area contributed by atoms with Gasteiger partial charge in [0.2, 0.25) is 0 Å². The Morgan fingerprint density at radius 1 is 0.650 bits per heavy atom. The van der Waals surface area contributed by atoms with Crippen molar-refractivity contribution in [2.24, 2.45) is 0 Å². The van der Waals surface area contributed by atoms with Crippen molar-refractivity contribution in [2.75, 3.05) is 0 Å². The largest absolute Gasteiger partial charge is 1.00 e. The molecule has 0 radical (unpaired) electrons. The summed E-state index contributed by atoms with van der Waals surface area (Å²) in [5.74, 6) is -1.85. The third-order valence-corrected chi connectivity index (χ3v) is 2.47. The molecule has 108 valence electrons. The number of carboxylic acids is 2. The molecule has 0 aliphatic carbocycles. The summed E-state index contributed by atoms with van der Waals surface area (Å²) in [5, 5.41) is 19.7. The van der Waals surface area contributed by atoms with Crippen LogP contribution in [-0.4, -0.2) is 11.9 Å². The first-order chi connectivity index (χ1) is 8.54. The monoisotopic (exact) mass is 304 g/mol. The predicted octanol–water partition coefficient (Wildman–Crippen LogP) is -4.58. The van der Waals surface area contributed by atoms with Crippen molar-refractivity contribution in [1.29, 1.82) is 0 Å². The zero-order valence-corrected chi connectivity index (χ0v) is 17.7. The zero-order chi connectivity index (χ0) is 14.2. The maximum atomic E-state index is 9.85. The molecule has 0 saturated carbocycles. The smallest absolute Gasteiger partial charge is 0.550 e. The van der Waals surface area contributed by atoms with Crippen LogP contribution < -0.4 is 69.3 Å². The number of carbonyl (C=O) groups excluding carboxylic acids is 2. The Balaban J connectivity index is -0.000000116. The average Bonchev–Trinajstić information content (AvgIpc) is 2.31. The fraction of sp³-hybridized carbons (Fsp3) is 0.857. The first-order valence-electron chi connectivity index (χ1n) is 6.94. The maximum Gasteiger partial charge on any atom is 1.00 e. The molecule has 0 spiro atoms. The summed E-state index contributed by atoms with van der Waals surface area (Å²) < 4.78 is 0. The molecule has 0 aromatic rings. The standard InChI is InChI=1S/2C7H14O2.2Na/c2*1-2-3-4-5-6-7(8)9;;/h2*2-6H2,1H3,(H,8,9);;/q;;2*+1/p-2. The van der Waals surface area contributed by atoms with Crippen molar-refractivity contribution < 1.29 is 78.9 Å². The molecule has 0 aliphatic heterocycles. The van der Waals surface area contributed by atoms with Crippen LogP contribution in [0.3, 0.4) is 0 Å². The van der Waals surface area contributed by atoms with Crippen molar-refractivity contribution in [3.05, 3.63) is 0 Å². The number of hydrogen-bond acceptors (Lipinski definition) is 4. The fourth-order valence-electron chi connectivity index (χ4n) is 1.39. The van der Waals surface area contributed by atoms with Gasteiger partial charge in [-0.05, 0) is 25.7 Å².